The third-order valence-corrected chi connectivity index (χ3v) is 9.18. The standard InChI is InChI=1S/C28H36O5.Ac/c1-18-10-13-23-26(2,21(18)12-11-20-22(29)16-31-25(20)30)15-14-24-27(23,3)17-32-28(4,33-24)19-8-6-5-7-9-19;/h5-9,11,21-24,29H,1,10,12-17H2,2-4H3;/b20-11+;/t21-,22?,23?,24?,26+,27-,28?;/m0./s1. The minimum atomic E-state index is -0.818. The van der Waals surface area contributed by atoms with E-state index in [1.54, 1.807) is 0 Å². The molecule has 0 amide bonds. The largest absolute Gasteiger partial charge is 0.459 e. The Morgan fingerprint density at radius 2 is 1.88 bits per heavy atom. The van der Waals surface area contributed by atoms with E-state index < -0.39 is 17.9 Å². The van der Waals surface area contributed by atoms with Crippen molar-refractivity contribution in [1.29, 1.82) is 0 Å². The molecule has 0 bridgehead atoms. The molecule has 2 saturated heterocycles. The van der Waals surface area contributed by atoms with Crippen LogP contribution < -0.4 is 0 Å². The summed E-state index contributed by atoms with van der Waals surface area (Å²) in [5.74, 6) is -0.432. The average Bonchev–Trinajstić information content (AvgIpc) is 3.12. The predicted molar refractivity (Wildman–Crippen MR) is 125 cm³/mol. The maximum absolute atomic E-state index is 12.0. The molecule has 0 spiro atoms. The first-order chi connectivity index (χ1) is 15.7. The number of cyclic esters (lactones) is 1. The second-order valence-corrected chi connectivity index (χ2v) is 11.1. The zero-order valence-corrected chi connectivity index (χ0v) is 25.3. The molecule has 2 saturated carbocycles. The SMILES string of the molecule is C=C1CCC2[C@]3(C)COC(C)(c4ccccc4)OC3CC[C@]2(C)[C@H]1C/C=C1/C(=O)OCC1O.[Ac]. The third kappa shape index (κ3) is 4.30. The number of allylic oxidation sites excluding steroid dienone is 2. The van der Waals surface area contributed by atoms with Crippen LogP contribution in [-0.2, 0) is 24.8 Å². The van der Waals surface area contributed by atoms with E-state index in [1.807, 2.05) is 31.2 Å². The number of aliphatic hydroxyl groups excluding tert-OH is 1. The second kappa shape index (κ2) is 9.75. The fourth-order valence-electron chi connectivity index (χ4n) is 7.21. The van der Waals surface area contributed by atoms with Crippen molar-refractivity contribution in [2.45, 2.75) is 70.9 Å². The van der Waals surface area contributed by atoms with E-state index in [0.29, 0.717) is 24.5 Å². The normalized spacial score (nSPS) is 43.0. The summed E-state index contributed by atoms with van der Waals surface area (Å²) in [5, 5.41) is 10.1. The molecule has 2 aliphatic heterocycles. The molecule has 1 N–H and O–H groups in total. The van der Waals surface area contributed by atoms with Gasteiger partial charge in [0.1, 0.15) is 12.7 Å². The molecule has 4 unspecified atom stereocenters. The van der Waals surface area contributed by atoms with Crippen molar-refractivity contribution in [2.24, 2.45) is 22.7 Å². The van der Waals surface area contributed by atoms with E-state index in [2.05, 4.69) is 32.6 Å². The summed E-state index contributed by atoms with van der Waals surface area (Å²) >= 11 is 0. The molecular formula is C28H36AcO5. The monoisotopic (exact) mass is 679 g/mol. The van der Waals surface area contributed by atoms with Crippen molar-refractivity contribution < 1.29 is 68.2 Å². The van der Waals surface area contributed by atoms with Crippen LogP contribution >= 0.6 is 0 Å². The number of aliphatic hydroxyl groups is 1. The molecular weight excluding hydrogens is 643 g/mol. The zero-order valence-electron chi connectivity index (χ0n) is 20.6. The number of rotatable bonds is 3. The number of carbonyl (C=O) groups excluding carboxylic acids is 1. The summed E-state index contributed by atoms with van der Waals surface area (Å²) in [6.45, 7) is 11.9. The van der Waals surface area contributed by atoms with Crippen LogP contribution in [0.4, 0.5) is 0 Å². The van der Waals surface area contributed by atoms with E-state index in [0.717, 1.165) is 31.2 Å². The summed E-state index contributed by atoms with van der Waals surface area (Å²) < 4.78 is 18.2. The molecule has 7 atom stereocenters. The molecule has 1 aromatic rings. The van der Waals surface area contributed by atoms with Gasteiger partial charge in [0.2, 0.25) is 0 Å². The minimum Gasteiger partial charge on any atom is -0.459 e. The number of ether oxygens (including phenoxy) is 3. The molecule has 5 rings (SSSR count). The van der Waals surface area contributed by atoms with Crippen molar-refractivity contribution in [2.75, 3.05) is 13.2 Å². The molecule has 4 fully saturated rings. The smallest absolute Gasteiger partial charge is 0.336 e. The van der Waals surface area contributed by atoms with Crippen molar-refractivity contribution in [1.82, 2.24) is 0 Å². The fourth-order valence-corrected chi connectivity index (χ4v) is 7.21. The van der Waals surface area contributed by atoms with E-state index >= 15 is 0 Å². The Balaban J connectivity index is 0.00000274. The first-order valence-corrected chi connectivity index (χ1v) is 12.3. The van der Waals surface area contributed by atoms with Gasteiger partial charge in [0.15, 0.2) is 5.79 Å². The number of esters is 1. The van der Waals surface area contributed by atoms with Crippen molar-refractivity contribution >= 4 is 5.97 Å². The molecule has 2 heterocycles. The fraction of sp³-hybridized carbons (Fsp3) is 0.607. The summed E-state index contributed by atoms with van der Waals surface area (Å²) in [4.78, 5) is 12.0. The minimum absolute atomic E-state index is 0. The van der Waals surface area contributed by atoms with Gasteiger partial charge >= 0.3 is 5.97 Å². The van der Waals surface area contributed by atoms with Crippen LogP contribution in [0.2, 0.25) is 0 Å². The molecule has 1 aromatic carbocycles. The summed E-state index contributed by atoms with van der Waals surface area (Å²) in [6.07, 6.45) is 5.99. The van der Waals surface area contributed by atoms with Crippen LogP contribution in [0, 0.1) is 66.7 Å². The maximum atomic E-state index is 12.0. The van der Waals surface area contributed by atoms with Gasteiger partial charge in [-0.2, -0.15) is 0 Å². The van der Waals surface area contributed by atoms with Gasteiger partial charge in [-0.1, -0.05) is 62.4 Å². The Kier molecular flexibility index (Phi) is 7.61. The van der Waals surface area contributed by atoms with Crippen LogP contribution in [0.1, 0.15) is 58.4 Å². The molecule has 4 aliphatic rings. The molecule has 2 aliphatic carbocycles. The molecule has 5 nitrogen and oxygen atoms in total. The topological polar surface area (TPSA) is 65.0 Å². The van der Waals surface area contributed by atoms with Gasteiger partial charge in [0.25, 0.3) is 0 Å². The van der Waals surface area contributed by atoms with Gasteiger partial charge in [0.05, 0.1) is 18.3 Å². The van der Waals surface area contributed by atoms with Crippen molar-refractivity contribution in [3.63, 3.8) is 0 Å². The summed E-state index contributed by atoms with van der Waals surface area (Å²) in [5.41, 5.74) is 2.66. The Morgan fingerprint density at radius 1 is 1.15 bits per heavy atom. The van der Waals surface area contributed by atoms with Crippen molar-refractivity contribution in [3.8, 4) is 0 Å². The van der Waals surface area contributed by atoms with E-state index in [-0.39, 0.29) is 73.5 Å². The van der Waals surface area contributed by atoms with Gasteiger partial charge in [-0.15, -0.1) is 0 Å². The zero-order chi connectivity index (χ0) is 23.4. The van der Waals surface area contributed by atoms with Gasteiger partial charge in [-0.05, 0) is 56.3 Å². The first kappa shape index (κ1) is 26.6. The number of benzene rings is 1. The van der Waals surface area contributed by atoms with E-state index in [9.17, 15) is 9.90 Å². The molecule has 0 aromatic heterocycles. The summed E-state index contributed by atoms with van der Waals surface area (Å²) in [6, 6.07) is 10.2. The molecule has 6 heteroatoms. The second-order valence-electron chi connectivity index (χ2n) is 11.1. The van der Waals surface area contributed by atoms with E-state index in [4.69, 9.17) is 14.2 Å². The number of hydrogen-bond acceptors (Lipinski definition) is 5. The van der Waals surface area contributed by atoms with Crippen LogP contribution in [0.25, 0.3) is 0 Å². The molecule has 1 radical (unpaired) electrons. The number of carbonyl (C=O) groups is 1. The number of hydrogen-bond donors (Lipinski definition) is 1. The Labute approximate surface area is 238 Å². The van der Waals surface area contributed by atoms with Crippen molar-refractivity contribution in [3.05, 3.63) is 59.7 Å². The summed E-state index contributed by atoms with van der Waals surface area (Å²) in [7, 11) is 0. The van der Waals surface area contributed by atoms with Crippen LogP contribution in [-0.4, -0.2) is 36.5 Å². The predicted octanol–water partition coefficient (Wildman–Crippen LogP) is 4.90. The van der Waals surface area contributed by atoms with Gasteiger partial charge in [-0.25, -0.2) is 4.79 Å². The van der Waals surface area contributed by atoms with Gasteiger partial charge in [-0.3, -0.25) is 0 Å². The average molecular weight is 680 g/mol. The number of fused-ring (bicyclic) bond motifs is 3. The van der Waals surface area contributed by atoms with E-state index in [1.165, 1.54) is 5.57 Å². The van der Waals surface area contributed by atoms with Crippen LogP contribution in [0.15, 0.2) is 54.1 Å². The maximum Gasteiger partial charge on any atom is 0.336 e. The molecule has 181 valence electrons. The third-order valence-electron chi connectivity index (χ3n) is 9.18. The van der Waals surface area contributed by atoms with Crippen LogP contribution in [0.5, 0.6) is 0 Å². The van der Waals surface area contributed by atoms with Gasteiger partial charge in [0, 0.05) is 55.0 Å². The first-order valence-electron chi connectivity index (χ1n) is 12.3. The Hall–Kier alpha value is -0.508. The Bertz CT molecular complexity index is 976. The van der Waals surface area contributed by atoms with Gasteiger partial charge < -0.3 is 19.3 Å². The Morgan fingerprint density at radius 3 is 2.56 bits per heavy atom. The van der Waals surface area contributed by atoms with Crippen LogP contribution in [0.3, 0.4) is 0 Å². The quantitative estimate of drug-likeness (QED) is 0.280. The molecule has 34 heavy (non-hydrogen) atoms.